The molecular weight excluding hydrogens is 304 g/mol. The number of hydrogen-bond acceptors (Lipinski definition) is 4. The Morgan fingerprint density at radius 1 is 1.33 bits per heavy atom. The molecule has 0 fully saturated rings. The first-order chi connectivity index (χ1) is 9.50. The molecule has 0 amide bonds. The lowest BCUT2D eigenvalue weighted by Gasteiger charge is -2.36. The predicted octanol–water partition coefficient (Wildman–Crippen LogP) is 2.72. The van der Waals surface area contributed by atoms with Crippen molar-refractivity contribution >= 4 is 18.2 Å². The Morgan fingerprint density at radius 3 is 2.57 bits per heavy atom. The van der Waals surface area contributed by atoms with E-state index in [0.717, 1.165) is 30.8 Å². The van der Waals surface area contributed by atoms with Crippen LogP contribution in [0.3, 0.4) is 0 Å². The van der Waals surface area contributed by atoms with E-state index < -0.39 is 18.2 Å². The highest BCUT2D eigenvalue weighted by molar-refractivity contribution is 7.90. The van der Waals surface area contributed by atoms with E-state index in [1.54, 1.807) is 0 Å². The van der Waals surface area contributed by atoms with Crippen LogP contribution in [0.2, 0.25) is 18.1 Å². The predicted molar refractivity (Wildman–Crippen MR) is 86.3 cm³/mol. The lowest BCUT2D eigenvalue weighted by atomic mass is 10.2. The summed E-state index contributed by atoms with van der Waals surface area (Å²) in [4.78, 5) is 0. The lowest BCUT2D eigenvalue weighted by molar-refractivity contribution is 0.272. The largest absolute Gasteiger partial charge is 0.417 e. The minimum Gasteiger partial charge on any atom is -0.417 e. The average molecular weight is 331 g/mol. The van der Waals surface area contributed by atoms with Crippen molar-refractivity contribution in [3.63, 3.8) is 0 Å². The van der Waals surface area contributed by atoms with Crippen molar-refractivity contribution in [2.75, 3.05) is 6.61 Å². The second-order valence-corrected chi connectivity index (χ2v) is 14.2. The van der Waals surface area contributed by atoms with Crippen molar-refractivity contribution < 1.29 is 12.8 Å². The van der Waals surface area contributed by atoms with Crippen LogP contribution in [0.1, 0.15) is 38.4 Å². The van der Waals surface area contributed by atoms with E-state index in [1.807, 2.05) is 10.9 Å². The van der Waals surface area contributed by atoms with Gasteiger partial charge in [0.25, 0.3) is 0 Å². The summed E-state index contributed by atoms with van der Waals surface area (Å²) in [7, 11) is -4.61. The SMILES string of the molecule is CC(C)(C)[Si](C)(C)OCCCn1cc2c(n1)CS(=O)(=O)C2. The Kier molecular flexibility index (Phi) is 4.39. The van der Waals surface area contributed by atoms with Crippen molar-refractivity contribution in [3.05, 3.63) is 17.5 Å². The molecule has 5 nitrogen and oxygen atoms in total. The van der Waals surface area contributed by atoms with E-state index in [-0.39, 0.29) is 16.5 Å². The van der Waals surface area contributed by atoms with E-state index >= 15 is 0 Å². The van der Waals surface area contributed by atoms with Gasteiger partial charge in [-0.05, 0) is 24.6 Å². The minimum atomic E-state index is -2.93. The second-order valence-electron chi connectivity index (χ2n) is 7.36. The topological polar surface area (TPSA) is 61.2 Å². The van der Waals surface area contributed by atoms with Gasteiger partial charge in [-0.15, -0.1) is 0 Å². The third kappa shape index (κ3) is 3.95. The van der Waals surface area contributed by atoms with Crippen molar-refractivity contribution in [3.8, 4) is 0 Å². The molecule has 0 aromatic carbocycles. The van der Waals surface area contributed by atoms with Crippen LogP contribution in [0.5, 0.6) is 0 Å². The van der Waals surface area contributed by atoms with Crippen molar-refractivity contribution in [2.24, 2.45) is 0 Å². The summed E-state index contributed by atoms with van der Waals surface area (Å²) in [6.07, 6.45) is 2.77. The standard InChI is InChI=1S/C14H26N2O3SSi/c1-14(2,3)21(4,5)19-8-6-7-16-9-12-10-20(17,18)11-13(12)15-16/h9H,6-8,10-11H2,1-5H3. The maximum Gasteiger partial charge on any atom is 0.191 e. The van der Waals surface area contributed by atoms with Gasteiger partial charge in [-0.2, -0.15) is 5.10 Å². The van der Waals surface area contributed by atoms with Crippen LogP contribution in [-0.4, -0.2) is 33.1 Å². The van der Waals surface area contributed by atoms with Gasteiger partial charge in [0.05, 0.1) is 17.2 Å². The van der Waals surface area contributed by atoms with Crippen molar-refractivity contribution in [1.82, 2.24) is 9.78 Å². The van der Waals surface area contributed by atoms with Crippen LogP contribution in [0.4, 0.5) is 0 Å². The van der Waals surface area contributed by atoms with Crippen LogP contribution in [0.15, 0.2) is 6.20 Å². The lowest BCUT2D eigenvalue weighted by Crippen LogP contribution is -2.41. The van der Waals surface area contributed by atoms with Crippen LogP contribution in [-0.2, 0) is 32.3 Å². The summed E-state index contributed by atoms with van der Waals surface area (Å²) in [6, 6.07) is 0. The highest BCUT2D eigenvalue weighted by Crippen LogP contribution is 2.36. The van der Waals surface area contributed by atoms with Crippen molar-refractivity contribution in [2.45, 2.75) is 63.4 Å². The molecule has 0 saturated heterocycles. The van der Waals surface area contributed by atoms with Gasteiger partial charge in [0, 0.05) is 24.9 Å². The molecule has 1 aliphatic rings. The van der Waals surface area contributed by atoms with Gasteiger partial charge < -0.3 is 4.43 Å². The molecule has 2 heterocycles. The van der Waals surface area contributed by atoms with E-state index in [4.69, 9.17) is 4.43 Å². The molecule has 1 aliphatic heterocycles. The molecule has 2 rings (SSSR count). The molecule has 21 heavy (non-hydrogen) atoms. The van der Waals surface area contributed by atoms with E-state index in [0.29, 0.717) is 0 Å². The summed E-state index contributed by atoms with van der Waals surface area (Å²) in [5.74, 6) is 0.235. The van der Waals surface area contributed by atoms with E-state index in [2.05, 4.69) is 39.0 Å². The fraction of sp³-hybridized carbons (Fsp3) is 0.786. The molecule has 0 atom stereocenters. The van der Waals surface area contributed by atoms with E-state index in [9.17, 15) is 8.42 Å². The summed E-state index contributed by atoms with van der Waals surface area (Å²) in [5.41, 5.74) is 1.58. The Hall–Kier alpha value is -0.663. The molecule has 1 aromatic heterocycles. The van der Waals surface area contributed by atoms with Gasteiger partial charge in [-0.3, -0.25) is 4.68 Å². The van der Waals surface area contributed by atoms with Gasteiger partial charge >= 0.3 is 0 Å². The molecule has 0 aliphatic carbocycles. The van der Waals surface area contributed by atoms with Gasteiger partial charge in [-0.25, -0.2) is 8.42 Å². The monoisotopic (exact) mass is 330 g/mol. The first kappa shape index (κ1) is 16.7. The number of fused-ring (bicyclic) bond motifs is 1. The molecule has 0 radical (unpaired) electrons. The number of sulfone groups is 1. The first-order valence-corrected chi connectivity index (χ1v) is 12.1. The first-order valence-electron chi connectivity index (χ1n) is 7.40. The molecule has 120 valence electrons. The summed E-state index contributed by atoms with van der Waals surface area (Å²) < 4.78 is 30.9. The van der Waals surface area contributed by atoms with Gasteiger partial charge in [0.2, 0.25) is 0 Å². The molecule has 0 spiro atoms. The normalized spacial score (nSPS) is 18.0. The van der Waals surface area contributed by atoms with Crippen molar-refractivity contribution in [1.29, 1.82) is 0 Å². The average Bonchev–Trinajstić information content (AvgIpc) is 2.75. The van der Waals surface area contributed by atoms with Crippen LogP contribution >= 0.6 is 0 Å². The highest BCUT2D eigenvalue weighted by atomic mass is 32.2. The smallest absolute Gasteiger partial charge is 0.191 e. The molecule has 1 aromatic rings. The third-order valence-electron chi connectivity index (χ3n) is 4.46. The summed E-state index contributed by atoms with van der Waals surface area (Å²) in [5, 5.41) is 4.59. The maximum absolute atomic E-state index is 11.5. The number of aryl methyl sites for hydroxylation is 1. The van der Waals surface area contributed by atoms with E-state index in [1.165, 1.54) is 0 Å². The number of rotatable bonds is 5. The second kappa shape index (κ2) is 5.51. The van der Waals surface area contributed by atoms with Gasteiger partial charge in [-0.1, -0.05) is 20.8 Å². The molecule has 0 unspecified atom stereocenters. The minimum absolute atomic E-state index is 0.0931. The van der Waals surface area contributed by atoms with Crippen LogP contribution < -0.4 is 0 Å². The molecule has 7 heteroatoms. The zero-order valence-electron chi connectivity index (χ0n) is 13.6. The molecule has 0 bridgehead atoms. The maximum atomic E-state index is 11.5. The number of nitrogens with zero attached hydrogens (tertiary/aromatic N) is 2. The Balaban J connectivity index is 1.81. The van der Waals surface area contributed by atoms with Crippen LogP contribution in [0.25, 0.3) is 0 Å². The fourth-order valence-electron chi connectivity index (χ4n) is 2.13. The summed E-state index contributed by atoms with van der Waals surface area (Å²) >= 11 is 0. The molecule has 0 N–H and O–H groups in total. The Labute approximate surface area is 128 Å². The quantitative estimate of drug-likeness (QED) is 0.615. The zero-order chi connectivity index (χ0) is 15.9. The van der Waals surface area contributed by atoms with Gasteiger partial charge in [0.15, 0.2) is 18.2 Å². The number of aromatic nitrogens is 2. The Morgan fingerprint density at radius 2 is 2.00 bits per heavy atom. The summed E-state index contributed by atoms with van der Waals surface area (Å²) in [6.45, 7) is 12.7. The highest BCUT2D eigenvalue weighted by Gasteiger charge is 2.36. The Bertz CT molecular complexity index is 585. The molecule has 0 saturated carbocycles. The fourth-order valence-corrected chi connectivity index (χ4v) is 4.69. The van der Waals surface area contributed by atoms with Crippen LogP contribution in [0, 0.1) is 0 Å². The number of hydrogen-bond donors (Lipinski definition) is 0. The zero-order valence-corrected chi connectivity index (χ0v) is 15.5. The van der Waals surface area contributed by atoms with Gasteiger partial charge in [0.1, 0.15) is 0 Å². The molecular formula is C14H26N2O3SSi. The third-order valence-corrected chi connectivity index (χ3v) is 10.5.